The number of methoxy groups -OCH3 is 1. The van der Waals surface area contributed by atoms with Crippen molar-refractivity contribution in [3.8, 4) is 0 Å². The summed E-state index contributed by atoms with van der Waals surface area (Å²) in [6.45, 7) is 7.45. The zero-order valence-corrected chi connectivity index (χ0v) is 13.7. The Morgan fingerprint density at radius 2 is 2.10 bits per heavy atom. The topological polar surface area (TPSA) is 30.9 Å². The Morgan fingerprint density at radius 3 is 2.81 bits per heavy atom. The molecule has 2 heterocycles. The Hall–Kier alpha value is -0.685. The van der Waals surface area contributed by atoms with E-state index in [1.54, 1.807) is 7.11 Å². The summed E-state index contributed by atoms with van der Waals surface area (Å²) in [5.41, 5.74) is 2.48. The SMILES string of the molecule is COCCN1CSc2ccc(B3OCC(C)(C)CO3)cc21. The number of hydrogen-bond acceptors (Lipinski definition) is 5. The summed E-state index contributed by atoms with van der Waals surface area (Å²) < 4.78 is 17.0. The van der Waals surface area contributed by atoms with Gasteiger partial charge in [0.1, 0.15) is 0 Å². The molecule has 0 aromatic heterocycles. The third-order valence-corrected chi connectivity index (χ3v) is 4.88. The Kier molecular flexibility index (Phi) is 4.50. The van der Waals surface area contributed by atoms with Crippen molar-refractivity contribution in [1.82, 2.24) is 0 Å². The molecule has 0 aliphatic carbocycles. The van der Waals surface area contributed by atoms with Crippen LogP contribution in [-0.4, -0.2) is 46.5 Å². The van der Waals surface area contributed by atoms with Crippen LogP contribution in [0.3, 0.4) is 0 Å². The third kappa shape index (κ3) is 3.39. The monoisotopic (exact) mass is 307 g/mol. The minimum Gasteiger partial charge on any atom is -0.407 e. The van der Waals surface area contributed by atoms with E-state index in [0.29, 0.717) is 0 Å². The number of fused-ring (bicyclic) bond motifs is 1. The smallest absolute Gasteiger partial charge is 0.407 e. The predicted molar refractivity (Wildman–Crippen MR) is 87.5 cm³/mol. The molecule has 4 nitrogen and oxygen atoms in total. The number of benzene rings is 1. The lowest BCUT2D eigenvalue weighted by molar-refractivity contribution is 0.0343. The van der Waals surface area contributed by atoms with Gasteiger partial charge in [0.25, 0.3) is 0 Å². The predicted octanol–water partition coefficient (Wildman–Crippen LogP) is 1.97. The molecule has 2 aliphatic rings. The van der Waals surface area contributed by atoms with Gasteiger partial charge in [-0.2, -0.15) is 0 Å². The average Bonchev–Trinajstić information content (AvgIpc) is 2.87. The highest BCUT2D eigenvalue weighted by Gasteiger charge is 2.34. The molecule has 3 rings (SSSR count). The van der Waals surface area contributed by atoms with Crippen LogP contribution in [0.5, 0.6) is 0 Å². The van der Waals surface area contributed by atoms with E-state index in [0.717, 1.165) is 37.7 Å². The molecule has 0 amide bonds. The summed E-state index contributed by atoms with van der Waals surface area (Å²) in [4.78, 5) is 3.67. The lowest BCUT2D eigenvalue weighted by atomic mass is 9.76. The summed E-state index contributed by atoms with van der Waals surface area (Å²) in [6, 6.07) is 6.50. The molecule has 1 aromatic carbocycles. The van der Waals surface area contributed by atoms with Crippen molar-refractivity contribution in [2.75, 3.05) is 44.3 Å². The Morgan fingerprint density at radius 1 is 1.33 bits per heavy atom. The fraction of sp³-hybridized carbons (Fsp3) is 0.600. The number of ether oxygens (including phenoxy) is 1. The molecule has 0 atom stereocenters. The first-order valence-corrected chi connectivity index (χ1v) is 8.31. The van der Waals surface area contributed by atoms with E-state index in [4.69, 9.17) is 14.0 Å². The third-order valence-electron chi connectivity index (χ3n) is 3.79. The Labute approximate surface area is 131 Å². The molecule has 2 aliphatic heterocycles. The van der Waals surface area contributed by atoms with Crippen LogP contribution in [-0.2, 0) is 14.0 Å². The molecule has 1 fully saturated rings. The van der Waals surface area contributed by atoms with Crippen molar-refractivity contribution in [3.05, 3.63) is 18.2 Å². The van der Waals surface area contributed by atoms with Gasteiger partial charge in [0.05, 0.1) is 18.2 Å². The highest BCUT2D eigenvalue weighted by atomic mass is 32.2. The van der Waals surface area contributed by atoms with Crippen LogP contribution in [0.1, 0.15) is 13.8 Å². The van der Waals surface area contributed by atoms with E-state index in [1.165, 1.54) is 10.6 Å². The van der Waals surface area contributed by atoms with Gasteiger partial charge >= 0.3 is 7.12 Å². The van der Waals surface area contributed by atoms with Gasteiger partial charge in [-0.25, -0.2) is 0 Å². The van der Waals surface area contributed by atoms with Crippen molar-refractivity contribution in [1.29, 1.82) is 0 Å². The van der Waals surface area contributed by atoms with Gasteiger partial charge in [-0.1, -0.05) is 19.9 Å². The molecular formula is C15H22BNO3S. The number of thioether (sulfide) groups is 1. The summed E-state index contributed by atoms with van der Waals surface area (Å²) >= 11 is 1.87. The fourth-order valence-electron chi connectivity index (χ4n) is 2.54. The van der Waals surface area contributed by atoms with Crippen molar-refractivity contribution in [3.63, 3.8) is 0 Å². The highest BCUT2D eigenvalue weighted by molar-refractivity contribution is 7.99. The molecule has 0 saturated carbocycles. The van der Waals surface area contributed by atoms with E-state index < -0.39 is 0 Å². The maximum atomic E-state index is 5.88. The molecule has 6 heteroatoms. The number of anilines is 1. The standard InChI is InChI=1S/C15H22BNO3S/c1-15(2)9-19-16(20-10-15)12-4-5-14-13(8-12)17(11-21-14)6-7-18-3/h4-5,8H,6-7,9-11H2,1-3H3. The zero-order valence-electron chi connectivity index (χ0n) is 12.9. The van der Waals surface area contributed by atoms with Gasteiger partial charge in [0, 0.05) is 37.2 Å². The molecule has 21 heavy (non-hydrogen) atoms. The van der Waals surface area contributed by atoms with E-state index in [2.05, 4.69) is 36.9 Å². The fourth-order valence-corrected chi connectivity index (χ4v) is 3.60. The molecule has 0 N–H and O–H groups in total. The highest BCUT2D eigenvalue weighted by Crippen LogP contribution is 2.37. The lowest BCUT2D eigenvalue weighted by Crippen LogP contribution is -2.47. The summed E-state index contributed by atoms with van der Waals surface area (Å²) in [6.07, 6.45) is 0. The second-order valence-corrected chi connectivity index (χ2v) is 7.36. The first-order chi connectivity index (χ1) is 10.1. The van der Waals surface area contributed by atoms with Crippen LogP contribution < -0.4 is 10.4 Å². The maximum absolute atomic E-state index is 5.88. The molecule has 0 spiro atoms. The molecule has 1 aromatic rings. The van der Waals surface area contributed by atoms with Crippen molar-refractivity contribution >= 4 is 30.0 Å². The van der Waals surface area contributed by atoms with Crippen molar-refractivity contribution in [2.24, 2.45) is 5.41 Å². The largest absolute Gasteiger partial charge is 0.493 e. The van der Waals surface area contributed by atoms with Gasteiger partial charge in [-0.15, -0.1) is 11.8 Å². The minimum absolute atomic E-state index is 0.105. The lowest BCUT2D eigenvalue weighted by Gasteiger charge is -2.33. The van der Waals surface area contributed by atoms with Crippen LogP contribution in [0.15, 0.2) is 23.1 Å². The summed E-state index contributed by atoms with van der Waals surface area (Å²) in [5, 5.41) is 0. The van der Waals surface area contributed by atoms with Gasteiger partial charge in [-0.3, -0.25) is 0 Å². The normalized spacial score (nSPS) is 20.7. The van der Waals surface area contributed by atoms with Gasteiger partial charge in [0.15, 0.2) is 0 Å². The van der Waals surface area contributed by atoms with Crippen molar-refractivity contribution in [2.45, 2.75) is 18.7 Å². The van der Waals surface area contributed by atoms with Gasteiger partial charge in [-0.05, 0) is 17.6 Å². The molecule has 0 unspecified atom stereocenters. The minimum atomic E-state index is -0.238. The van der Waals surface area contributed by atoms with E-state index in [9.17, 15) is 0 Å². The van der Waals surface area contributed by atoms with Crippen LogP contribution in [0.25, 0.3) is 0 Å². The Balaban J connectivity index is 1.74. The van der Waals surface area contributed by atoms with Crippen molar-refractivity contribution < 1.29 is 14.0 Å². The second-order valence-electron chi connectivity index (χ2n) is 6.37. The van der Waals surface area contributed by atoms with Crippen LogP contribution >= 0.6 is 11.8 Å². The van der Waals surface area contributed by atoms with Crippen LogP contribution in [0, 0.1) is 5.41 Å². The molecule has 0 bridgehead atoms. The number of nitrogens with zero attached hydrogens (tertiary/aromatic N) is 1. The van der Waals surface area contributed by atoms with E-state index in [-0.39, 0.29) is 12.5 Å². The summed E-state index contributed by atoms with van der Waals surface area (Å²) in [7, 11) is 1.50. The quantitative estimate of drug-likeness (QED) is 0.794. The number of rotatable bonds is 4. The summed E-state index contributed by atoms with van der Waals surface area (Å²) in [5.74, 6) is 0.988. The average molecular weight is 307 g/mol. The van der Waals surface area contributed by atoms with Gasteiger partial charge in [0.2, 0.25) is 0 Å². The maximum Gasteiger partial charge on any atom is 0.493 e. The van der Waals surface area contributed by atoms with E-state index >= 15 is 0 Å². The first-order valence-electron chi connectivity index (χ1n) is 7.33. The zero-order chi connectivity index (χ0) is 14.9. The molecule has 0 radical (unpaired) electrons. The van der Waals surface area contributed by atoms with Crippen LogP contribution in [0.2, 0.25) is 0 Å². The molecule has 1 saturated heterocycles. The number of hydrogen-bond donors (Lipinski definition) is 0. The van der Waals surface area contributed by atoms with E-state index in [1.807, 2.05) is 11.8 Å². The van der Waals surface area contributed by atoms with Gasteiger partial charge < -0.3 is 18.9 Å². The molecule has 114 valence electrons. The molecular weight excluding hydrogens is 285 g/mol. The first kappa shape index (κ1) is 15.2. The Bertz CT molecular complexity index is 502. The second kappa shape index (κ2) is 6.20. The van der Waals surface area contributed by atoms with Crippen LogP contribution in [0.4, 0.5) is 5.69 Å².